The summed E-state index contributed by atoms with van der Waals surface area (Å²) in [6, 6.07) is 1.84. The topological polar surface area (TPSA) is 76.6 Å². The van der Waals surface area contributed by atoms with Gasteiger partial charge in [-0.05, 0) is 11.6 Å². The molecule has 2 aromatic rings. The summed E-state index contributed by atoms with van der Waals surface area (Å²) in [5.74, 6) is 0.764. The SMILES string of the molecule is CNc1nc2cnc(C(=O)N3CCOCC3)cc2c2c1COC2. The largest absolute Gasteiger partial charge is 0.378 e. The number of morpholine rings is 1. The van der Waals surface area contributed by atoms with E-state index in [1.807, 2.05) is 13.1 Å². The van der Waals surface area contributed by atoms with Gasteiger partial charge in [-0.15, -0.1) is 0 Å². The lowest BCUT2D eigenvalue weighted by atomic mass is 10.1. The first-order valence-electron chi connectivity index (χ1n) is 7.72. The molecular formula is C16H18N4O3. The minimum atomic E-state index is -0.0550. The monoisotopic (exact) mass is 314 g/mol. The Balaban J connectivity index is 1.77. The summed E-state index contributed by atoms with van der Waals surface area (Å²) < 4.78 is 10.9. The van der Waals surface area contributed by atoms with Crippen molar-refractivity contribution in [2.45, 2.75) is 13.2 Å². The Hall–Kier alpha value is -2.25. The molecule has 0 saturated carbocycles. The van der Waals surface area contributed by atoms with Crippen LogP contribution in [-0.2, 0) is 22.7 Å². The van der Waals surface area contributed by atoms with Gasteiger partial charge in [0.05, 0.1) is 38.1 Å². The molecule has 23 heavy (non-hydrogen) atoms. The molecule has 1 saturated heterocycles. The van der Waals surface area contributed by atoms with Crippen LogP contribution >= 0.6 is 0 Å². The maximum absolute atomic E-state index is 12.6. The number of nitrogens with zero attached hydrogens (tertiary/aromatic N) is 3. The number of aromatic nitrogens is 2. The summed E-state index contributed by atoms with van der Waals surface area (Å²) in [4.78, 5) is 23.3. The van der Waals surface area contributed by atoms with Gasteiger partial charge in [-0.1, -0.05) is 0 Å². The molecule has 2 aromatic heterocycles. The van der Waals surface area contributed by atoms with Gasteiger partial charge in [0.15, 0.2) is 0 Å². The lowest BCUT2D eigenvalue weighted by Crippen LogP contribution is -2.41. The summed E-state index contributed by atoms with van der Waals surface area (Å²) in [6.07, 6.45) is 1.67. The highest BCUT2D eigenvalue weighted by Gasteiger charge is 2.23. The first kappa shape index (κ1) is 14.3. The number of hydrogen-bond donors (Lipinski definition) is 1. The number of fused-ring (bicyclic) bond motifs is 3. The molecule has 0 atom stereocenters. The van der Waals surface area contributed by atoms with E-state index in [1.165, 1.54) is 0 Å². The minimum absolute atomic E-state index is 0.0550. The molecule has 0 bridgehead atoms. The Morgan fingerprint density at radius 1 is 1.22 bits per heavy atom. The smallest absolute Gasteiger partial charge is 0.272 e. The van der Waals surface area contributed by atoms with E-state index in [4.69, 9.17) is 9.47 Å². The summed E-state index contributed by atoms with van der Waals surface area (Å²) in [5.41, 5.74) is 3.39. The van der Waals surface area contributed by atoms with E-state index >= 15 is 0 Å². The van der Waals surface area contributed by atoms with Gasteiger partial charge in [-0.25, -0.2) is 9.97 Å². The molecular weight excluding hydrogens is 296 g/mol. The highest BCUT2D eigenvalue weighted by molar-refractivity contribution is 5.97. The third-order valence-corrected chi connectivity index (χ3v) is 4.34. The fourth-order valence-electron chi connectivity index (χ4n) is 3.10. The van der Waals surface area contributed by atoms with E-state index in [0.29, 0.717) is 45.2 Å². The zero-order valence-electron chi connectivity index (χ0n) is 13.0. The zero-order chi connectivity index (χ0) is 15.8. The van der Waals surface area contributed by atoms with Crippen molar-refractivity contribution >= 4 is 22.6 Å². The van der Waals surface area contributed by atoms with E-state index in [0.717, 1.165) is 27.8 Å². The molecule has 2 aliphatic heterocycles. The highest BCUT2D eigenvalue weighted by Crippen LogP contribution is 2.32. The molecule has 7 nitrogen and oxygen atoms in total. The molecule has 2 aliphatic rings. The van der Waals surface area contributed by atoms with Crippen molar-refractivity contribution < 1.29 is 14.3 Å². The first-order chi connectivity index (χ1) is 11.3. The molecule has 1 N–H and O–H groups in total. The number of rotatable bonds is 2. The number of pyridine rings is 2. The van der Waals surface area contributed by atoms with Crippen LogP contribution in [0.4, 0.5) is 5.82 Å². The standard InChI is InChI=1S/C16H18N4O3/c1-17-15-12-9-23-8-11(12)10-6-13(18-7-14(10)19-15)16(21)20-2-4-22-5-3-20/h6-7H,2-5,8-9H2,1H3,(H,17,19). The predicted molar refractivity (Wildman–Crippen MR) is 84.3 cm³/mol. The van der Waals surface area contributed by atoms with E-state index in [-0.39, 0.29) is 5.91 Å². The van der Waals surface area contributed by atoms with Gasteiger partial charge in [-0.2, -0.15) is 0 Å². The van der Waals surface area contributed by atoms with Crippen LogP contribution in [-0.4, -0.2) is 54.1 Å². The van der Waals surface area contributed by atoms with Gasteiger partial charge in [0.1, 0.15) is 11.5 Å². The van der Waals surface area contributed by atoms with Crippen LogP contribution in [0, 0.1) is 0 Å². The van der Waals surface area contributed by atoms with Crippen LogP contribution < -0.4 is 5.32 Å². The summed E-state index contributed by atoms with van der Waals surface area (Å²) in [6.45, 7) is 3.46. The van der Waals surface area contributed by atoms with Crippen LogP contribution in [0.2, 0.25) is 0 Å². The summed E-state index contributed by atoms with van der Waals surface area (Å²) in [5, 5.41) is 4.05. The Kier molecular flexibility index (Phi) is 3.59. The van der Waals surface area contributed by atoms with Crippen molar-refractivity contribution in [3.05, 3.63) is 29.1 Å². The normalized spacial score (nSPS) is 17.3. The number of hydrogen-bond acceptors (Lipinski definition) is 6. The Labute approximate surface area is 133 Å². The number of carbonyl (C=O) groups is 1. The van der Waals surface area contributed by atoms with Crippen LogP contribution in [0.15, 0.2) is 12.3 Å². The molecule has 0 unspecified atom stereocenters. The molecule has 7 heteroatoms. The van der Waals surface area contributed by atoms with Crippen LogP contribution in [0.5, 0.6) is 0 Å². The molecule has 0 aliphatic carbocycles. The quantitative estimate of drug-likeness (QED) is 0.897. The molecule has 4 rings (SSSR count). The number of carbonyl (C=O) groups excluding carboxylic acids is 1. The van der Waals surface area contributed by atoms with Gasteiger partial charge in [0.25, 0.3) is 5.91 Å². The van der Waals surface area contributed by atoms with Crippen LogP contribution in [0.3, 0.4) is 0 Å². The molecule has 0 radical (unpaired) electrons. The van der Waals surface area contributed by atoms with Crippen molar-refractivity contribution in [1.82, 2.24) is 14.9 Å². The average molecular weight is 314 g/mol. The maximum Gasteiger partial charge on any atom is 0.272 e. The fraction of sp³-hybridized carbons (Fsp3) is 0.438. The van der Waals surface area contributed by atoms with Gasteiger partial charge >= 0.3 is 0 Å². The number of anilines is 1. The second kappa shape index (κ2) is 5.75. The first-order valence-corrected chi connectivity index (χ1v) is 7.72. The molecule has 1 fully saturated rings. The Morgan fingerprint density at radius 3 is 2.78 bits per heavy atom. The Morgan fingerprint density at radius 2 is 2.00 bits per heavy atom. The molecule has 120 valence electrons. The van der Waals surface area contributed by atoms with E-state index in [2.05, 4.69) is 15.3 Å². The van der Waals surface area contributed by atoms with Crippen molar-refractivity contribution in [1.29, 1.82) is 0 Å². The predicted octanol–water partition coefficient (Wildman–Crippen LogP) is 1.17. The second-order valence-electron chi connectivity index (χ2n) is 5.65. The highest BCUT2D eigenvalue weighted by atomic mass is 16.5. The minimum Gasteiger partial charge on any atom is -0.378 e. The van der Waals surface area contributed by atoms with E-state index < -0.39 is 0 Å². The third kappa shape index (κ3) is 2.42. The Bertz CT molecular complexity index is 771. The van der Waals surface area contributed by atoms with Crippen LogP contribution in [0.1, 0.15) is 21.6 Å². The molecule has 0 aromatic carbocycles. The second-order valence-corrected chi connectivity index (χ2v) is 5.65. The number of ether oxygens (including phenoxy) is 2. The van der Waals surface area contributed by atoms with Gasteiger partial charge in [0.2, 0.25) is 0 Å². The maximum atomic E-state index is 12.6. The lowest BCUT2D eigenvalue weighted by molar-refractivity contribution is 0.0299. The van der Waals surface area contributed by atoms with Gasteiger partial charge < -0.3 is 19.7 Å². The summed E-state index contributed by atoms with van der Waals surface area (Å²) in [7, 11) is 1.84. The van der Waals surface area contributed by atoms with Crippen molar-refractivity contribution in [2.24, 2.45) is 0 Å². The van der Waals surface area contributed by atoms with Gasteiger partial charge in [0, 0.05) is 31.1 Å². The van der Waals surface area contributed by atoms with Crippen molar-refractivity contribution in [3.63, 3.8) is 0 Å². The lowest BCUT2D eigenvalue weighted by Gasteiger charge is -2.26. The van der Waals surface area contributed by atoms with Crippen molar-refractivity contribution in [3.8, 4) is 0 Å². The number of nitrogens with one attached hydrogen (secondary N) is 1. The third-order valence-electron chi connectivity index (χ3n) is 4.34. The van der Waals surface area contributed by atoms with Crippen molar-refractivity contribution in [2.75, 3.05) is 38.7 Å². The number of amides is 1. The fourth-order valence-corrected chi connectivity index (χ4v) is 3.10. The molecule has 1 amide bonds. The van der Waals surface area contributed by atoms with Gasteiger partial charge in [-0.3, -0.25) is 4.79 Å². The molecule has 0 spiro atoms. The van der Waals surface area contributed by atoms with Crippen LogP contribution in [0.25, 0.3) is 10.9 Å². The van der Waals surface area contributed by atoms with E-state index in [1.54, 1.807) is 11.1 Å². The van der Waals surface area contributed by atoms with E-state index in [9.17, 15) is 4.79 Å². The summed E-state index contributed by atoms with van der Waals surface area (Å²) >= 11 is 0. The molecule has 4 heterocycles. The average Bonchev–Trinajstić information content (AvgIpc) is 3.11. The zero-order valence-corrected chi connectivity index (χ0v) is 13.0.